The molecule has 0 aliphatic carbocycles. The van der Waals surface area contributed by atoms with Crippen molar-refractivity contribution < 1.29 is 30.8 Å². The molecule has 2 heterocycles. The second kappa shape index (κ2) is 8.54. The predicted octanol–water partition coefficient (Wildman–Crippen LogP) is 4.54. The normalized spacial score (nSPS) is 12.2. The SMILES string of the molecule is Cc1ccc(S(=O)(=O)Nc2cc(Cl)cnc2C(=O)c2cccc3c2oc(=O)n3C)cc1C(F)(F)F. The summed E-state index contributed by atoms with van der Waals surface area (Å²) >= 11 is 5.95. The number of anilines is 1. The smallest absolute Gasteiger partial charge is 0.407 e. The molecule has 0 aliphatic rings. The fourth-order valence-corrected chi connectivity index (χ4v) is 4.67. The fraction of sp³-hybridized carbons (Fsp3) is 0.136. The molecule has 0 radical (unpaired) electrons. The zero-order valence-corrected chi connectivity index (χ0v) is 19.5. The van der Waals surface area contributed by atoms with Gasteiger partial charge in [0.05, 0.1) is 32.2 Å². The van der Waals surface area contributed by atoms with Gasteiger partial charge in [0.1, 0.15) is 5.69 Å². The Morgan fingerprint density at radius 1 is 1.17 bits per heavy atom. The monoisotopic (exact) mass is 525 g/mol. The first-order valence-corrected chi connectivity index (χ1v) is 11.6. The van der Waals surface area contributed by atoms with Crippen molar-refractivity contribution >= 4 is 44.2 Å². The van der Waals surface area contributed by atoms with Gasteiger partial charge >= 0.3 is 11.9 Å². The summed E-state index contributed by atoms with van der Waals surface area (Å²) in [4.78, 5) is 28.5. The summed E-state index contributed by atoms with van der Waals surface area (Å²) in [6.45, 7) is 1.20. The van der Waals surface area contributed by atoms with Crippen LogP contribution in [0.25, 0.3) is 11.1 Å². The lowest BCUT2D eigenvalue weighted by atomic mass is 10.1. The lowest BCUT2D eigenvalue weighted by Crippen LogP contribution is -2.18. The number of hydrogen-bond acceptors (Lipinski definition) is 6. The van der Waals surface area contributed by atoms with Gasteiger partial charge < -0.3 is 4.42 Å². The van der Waals surface area contributed by atoms with Crippen molar-refractivity contribution in [3.05, 3.63) is 86.6 Å². The van der Waals surface area contributed by atoms with Crippen LogP contribution in [0.2, 0.25) is 5.02 Å². The van der Waals surface area contributed by atoms with E-state index in [9.17, 15) is 31.2 Å². The molecular weight excluding hydrogens is 511 g/mol. The predicted molar refractivity (Wildman–Crippen MR) is 121 cm³/mol. The van der Waals surface area contributed by atoms with Gasteiger partial charge in [0.25, 0.3) is 10.0 Å². The average molecular weight is 526 g/mol. The minimum absolute atomic E-state index is 0.0380. The third kappa shape index (κ3) is 4.54. The first kappa shape index (κ1) is 24.5. The van der Waals surface area contributed by atoms with E-state index in [4.69, 9.17) is 16.0 Å². The number of aromatic nitrogens is 2. The van der Waals surface area contributed by atoms with Crippen molar-refractivity contribution in [3.63, 3.8) is 0 Å². The number of nitrogens with one attached hydrogen (secondary N) is 1. The van der Waals surface area contributed by atoms with Crippen LogP contribution in [0.3, 0.4) is 0 Å². The molecule has 1 N–H and O–H groups in total. The molecule has 35 heavy (non-hydrogen) atoms. The number of benzene rings is 2. The number of halogens is 4. The number of pyridine rings is 1. The first-order chi connectivity index (χ1) is 16.3. The Balaban J connectivity index is 1.80. The average Bonchev–Trinajstić information content (AvgIpc) is 3.06. The van der Waals surface area contributed by atoms with Crippen LogP contribution in [-0.2, 0) is 23.2 Å². The van der Waals surface area contributed by atoms with Crippen LogP contribution in [0.1, 0.15) is 27.2 Å². The number of aryl methyl sites for hydroxylation is 2. The van der Waals surface area contributed by atoms with Gasteiger partial charge in [-0.15, -0.1) is 0 Å². The first-order valence-electron chi connectivity index (χ1n) is 9.79. The second-order valence-electron chi connectivity index (χ2n) is 7.54. The topological polar surface area (TPSA) is 111 Å². The quantitative estimate of drug-likeness (QED) is 0.383. The molecule has 0 atom stereocenters. The Labute approximate surface area is 201 Å². The van der Waals surface area contributed by atoms with Gasteiger partial charge in [-0.05, 0) is 42.8 Å². The van der Waals surface area contributed by atoms with E-state index < -0.39 is 43.9 Å². The largest absolute Gasteiger partial charge is 0.419 e. The number of carbonyl (C=O) groups is 1. The number of sulfonamides is 1. The highest BCUT2D eigenvalue weighted by atomic mass is 35.5. The fourth-order valence-electron chi connectivity index (χ4n) is 3.43. The summed E-state index contributed by atoms with van der Waals surface area (Å²) in [5.41, 5.74) is -1.85. The van der Waals surface area contributed by atoms with Crippen LogP contribution in [0.5, 0.6) is 0 Å². The second-order valence-corrected chi connectivity index (χ2v) is 9.66. The van der Waals surface area contributed by atoms with Crippen molar-refractivity contribution in [3.8, 4) is 0 Å². The lowest BCUT2D eigenvalue weighted by Gasteiger charge is -2.15. The molecule has 2 aromatic carbocycles. The molecule has 0 unspecified atom stereocenters. The van der Waals surface area contributed by atoms with E-state index in [1.807, 2.05) is 0 Å². The van der Waals surface area contributed by atoms with E-state index in [2.05, 4.69) is 9.71 Å². The third-order valence-electron chi connectivity index (χ3n) is 5.20. The van der Waals surface area contributed by atoms with E-state index in [0.717, 1.165) is 24.4 Å². The summed E-state index contributed by atoms with van der Waals surface area (Å²) in [7, 11) is -3.15. The van der Waals surface area contributed by atoms with E-state index >= 15 is 0 Å². The Morgan fingerprint density at radius 2 is 1.89 bits per heavy atom. The van der Waals surface area contributed by atoms with E-state index in [1.165, 1.54) is 30.7 Å². The van der Waals surface area contributed by atoms with Gasteiger partial charge in [0, 0.05) is 13.2 Å². The summed E-state index contributed by atoms with van der Waals surface area (Å²) in [6.07, 6.45) is -3.67. The van der Waals surface area contributed by atoms with Crippen LogP contribution < -0.4 is 10.5 Å². The Bertz CT molecular complexity index is 1660. The molecule has 0 bridgehead atoms. The molecular formula is C22H15ClF3N3O5S. The zero-order valence-electron chi connectivity index (χ0n) is 18.0. The highest BCUT2D eigenvalue weighted by Crippen LogP contribution is 2.34. The number of carbonyl (C=O) groups excluding carboxylic acids is 1. The minimum Gasteiger partial charge on any atom is -0.407 e. The van der Waals surface area contributed by atoms with Crippen molar-refractivity contribution in [1.82, 2.24) is 9.55 Å². The summed E-state index contributed by atoms with van der Waals surface area (Å²) in [5.74, 6) is -1.52. The van der Waals surface area contributed by atoms with Gasteiger partial charge in [-0.25, -0.2) is 18.2 Å². The summed E-state index contributed by atoms with van der Waals surface area (Å²) in [6, 6.07) is 8.03. The van der Waals surface area contributed by atoms with E-state index in [0.29, 0.717) is 11.6 Å². The van der Waals surface area contributed by atoms with Gasteiger partial charge in [-0.3, -0.25) is 14.1 Å². The number of nitrogens with zero attached hydrogens (tertiary/aromatic N) is 2. The van der Waals surface area contributed by atoms with Gasteiger partial charge in [0.2, 0.25) is 5.78 Å². The number of oxazole rings is 1. The molecule has 0 fully saturated rings. The Kier molecular flexibility index (Phi) is 5.97. The molecule has 8 nitrogen and oxygen atoms in total. The molecule has 2 aromatic heterocycles. The summed E-state index contributed by atoms with van der Waals surface area (Å²) in [5, 5.41) is -0.0383. The maximum atomic E-state index is 13.3. The molecule has 4 rings (SSSR count). The van der Waals surface area contributed by atoms with Crippen LogP contribution in [0.4, 0.5) is 18.9 Å². The molecule has 13 heteroatoms. The standard InChI is InChI=1S/C22H15ClF3N3O5S/c1-11-6-7-13(9-15(11)22(24,25)26)35(32,33)28-16-8-12(23)10-27-18(16)19(30)14-4-3-5-17-20(14)34-21(31)29(17)2/h3-10,28H,1-2H3. The van der Waals surface area contributed by atoms with Gasteiger partial charge in [-0.2, -0.15) is 13.2 Å². The van der Waals surface area contributed by atoms with Gasteiger partial charge in [0.15, 0.2) is 5.58 Å². The number of para-hydroxylation sites is 1. The van der Waals surface area contributed by atoms with Crippen molar-refractivity contribution in [2.24, 2.45) is 7.05 Å². The summed E-state index contributed by atoms with van der Waals surface area (Å²) < 4.78 is 74.2. The molecule has 4 aromatic rings. The number of rotatable bonds is 5. The van der Waals surface area contributed by atoms with Crippen LogP contribution in [0.15, 0.2) is 62.8 Å². The molecule has 0 saturated heterocycles. The zero-order chi connectivity index (χ0) is 25.7. The maximum absolute atomic E-state index is 13.3. The minimum atomic E-state index is -4.77. The molecule has 0 aliphatic heterocycles. The number of fused-ring (bicyclic) bond motifs is 1. The molecule has 0 amide bonds. The number of alkyl halides is 3. The van der Waals surface area contributed by atoms with Gasteiger partial charge in [-0.1, -0.05) is 23.7 Å². The molecule has 182 valence electrons. The van der Waals surface area contributed by atoms with Crippen molar-refractivity contribution in [2.45, 2.75) is 18.0 Å². The van der Waals surface area contributed by atoms with E-state index in [1.54, 1.807) is 6.07 Å². The highest BCUT2D eigenvalue weighted by Gasteiger charge is 2.34. The van der Waals surface area contributed by atoms with Crippen molar-refractivity contribution in [2.75, 3.05) is 4.72 Å². The third-order valence-corrected chi connectivity index (χ3v) is 6.77. The van der Waals surface area contributed by atoms with E-state index in [-0.39, 0.29) is 27.4 Å². The highest BCUT2D eigenvalue weighted by molar-refractivity contribution is 7.92. The maximum Gasteiger partial charge on any atom is 0.419 e. The number of ketones is 1. The van der Waals surface area contributed by atoms with Crippen molar-refractivity contribution in [1.29, 1.82) is 0 Å². The van der Waals surface area contributed by atoms with Crippen LogP contribution >= 0.6 is 11.6 Å². The van der Waals surface area contributed by atoms with Crippen LogP contribution in [0, 0.1) is 6.92 Å². The van der Waals surface area contributed by atoms with Crippen LogP contribution in [-0.4, -0.2) is 23.8 Å². The Hall–Kier alpha value is -3.64. The lowest BCUT2D eigenvalue weighted by molar-refractivity contribution is -0.138. The molecule has 0 spiro atoms. The Morgan fingerprint density at radius 3 is 2.57 bits per heavy atom. The molecule has 0 saturated carbocycles. The number of hydrogen-bond donors (Lipinski definition) is 1.